The average molecular weight is 237 g/mol. The Morgan fingerprint density at radius 2 is 1.94 bits per heavy atom. The molecule has 1 aromatic rings. The second-order valence-electron chi connectivity index (χ2n) is 4.31. The van der Waals surface area contributed by atoms with E-state index in [0.717, 1.165) is 16.7 Å². The Bertz CT molecular complexity index is 663. The second kappa shape index (κ2) is 3.81. The first-order valence-corrected chi connectivity index (χ1v) is 5.72. The van der Waals surface area contributed by atoms with Gasteiger partial charge in [-0.15, -0.1) is 0 Å². The van der Waals surface area contributed by atoms with Gasteiger partial charge in [0.25, 0.3) is 0 Å². The predicted molar refractivity (Wildman–Crippen MR) is 69.3 cm³/mol. The zero-order valence-electron chi connectivity index (χ0n) is 9.86. The van der Waals surface area contributed by atoms with Crippen LogP contribution in [-0.2, 0) is 9.59 Å². The number of hydrogen-bond donors (Lipinski definition) is 1. The smallest absolute Gasteiger partial charge is 0.221 e. The molecular weight excluding hydrogens is 226 g/mol. The quantitative estimate of drug-likeness (QED) is 0.812. The fourth-order valence-corrected chi connectivity index (χ4v) is 2.33. The van der Waals surface area contributed by atoms with E-state index in [4.69, 9.17) is 0 Å². The summed E-state index contributed by atoms with van der Waals surface area (Å²) in [6.45, 7) is 1.46. The van der Waals surface area contributed by atoms with E-state index in [1.807, 2.05) is 30.3 Å². The summed E-state index contributed by atoms with van der Waals surface area (Å²) in [6.07, 6.45) is 5.03. The number of rotatable bonds is 1. The summed E-state index contributed by atoms with van der Waals surface area (Å²) < 4.78 is 0. The van der Waals surface area contributed by atoms with E-state index >= 15 is 0 Å². The lowest BCUT2D eigenvalue weighted by Gasteiger charge is -2.15. The van der Waals surface area contributed by atoms with Crippen molar-refractivity contribution in [3.05, 3.63) is 58.8 Å². The monoisotopic (exact) mass is 237 g/mol. The molecular formula is C15H11NO2. The average Bonchev–Trinajstić information content (AvgIpc) is 2.73. The van der Waals surface area contributed by atoms with E-state index in [2.05, 4.69) is 5.32 Å². The Morgan fingerprint density at radius 1 is 1.17 bits per heavy atom. The van der Waals surface area contributed by atoms with Crippen molar-refractivity contribution >= 4 is 23.3 Å². The third-order valence-electron chi connectivity index (χ3n) is 3.05. The Morgan fingerprint density at radius 3 is 2.72 bits per heavy atom. The van der Waals surface area contributed by atoms with Crippen molar-refractivity contribution in [2.45, 2.75) is 6.92 Å². The van der Waals surface area contributed by atoms with Crippen molar-refractivity contribution in [2.24, 2.45) is 0 Å². The van der Waals surface area contributed by atoms with Crippen molar-refractivity contribution in [3.8, 4) is 0 Å². The highest BCUT2D eigenvalue weighted by molar-refractivity contribution is 6.24. The standard InChI is InChI=1S/C15H11NO2/c1-9(17)16-13-6-7-14(18)12-8-10-4-2-3-5-11(10)15(12)13/h2-8H,1H3,(H,16,17). The van der Waals surface area contributed by atoms with Crippen LogP contribution in [-0.4, -0.2) is 11.7 Å². The number of carbonyl (C=O) groups excluding carboxylic acids is 2. The van der Waals surface area contributed by atoms with Gasteiger partial charge in [-0.05, 0) is 29.4 Å². The lowest BCUT2D eigenvalue weighted by atomic mass is 9.94. The minimum atomic E-state index is -0.139. The molecule has 18 heavy (non-hydrogen) atoms. The zero-order valence-corrected chi connectivity index (χ0v) is 9.86. The molecule has 2 aliphatic carbocycles. The predicted octanol–water partition coefficient (Wildman–Crippen LogP) is 2.07. The third-order valence-corrected chi connectivity index (χ3v) is 3.05. The van der Waals surface area contributed by atoms with Gasteiger partial charge in [0, 0.05) is 23.8 Å². The molecule has 88 valence electrons. The zero-order chi connectivity index (χ0) is 12.7. The van der Waals surface area contributed by atoms with Gasteiger partial charge in [0.1, 0.15) is 0 Å². The van der Waals surface area contributed by atoms with Crippen LogP contribution < -0.4 is 5.32 Å². The van der Waals surface area contributed by atoms with Crippen molar-refractivity contribution in [2.75, 3.05) is 0 Å². The Hall–Kier alpha value is -2.42. The van der Waals surface area contributed by atoms with Crippen LogP contribution >= 0.6 is 0 Å². The van der Waals surface area contributed by atoms with Gasteiger partial charge in [-0.25, -0.2) is 0 Å². The lowest BCUT2D eigenvalue weighted by Crippen LogP contribution is -2.22. The van der Waals surface area contributed by atoms with E-state index in [1.165, 1.54) is 13.0 Å². The van der Waals surface area contributed by atoms with Crippen molar-refractivity contribution in [1.29, 1.82) is 0 Å². The van der Waals surface area contributed by atoms with E-state index in [1.54, 1.807) is 6.08 Å². The van der Waals surface area contributed by atoms with Gasteiger partial charge in [0.2, 0.25) is 5.91 Å². The SMILES string of the molecule is CC(=O)NC1=C2C(=Cc3ccccc32)C(=O)C=C1. The minimum Gasteiger partial charge on any atom is -0.326 e. The van der Waals surface area contributed by atoms with Crippen LogP contribution in [0.5, 0.6) is 0 Å². The Balaban J connectivity index is 2.22. The van der Waals surface area contributed by atoms with Crippen LogP contribution in [0.4, 0.5) is 0 Å². The molecule has 1 aromatic carbocycles. The summed E-state index contributed by atoms with van der Waals surface area (Å²) in [4.78, 5) is 23.1. The highest BCUT2D eigenvalue weighted by Gasteiger charge is 2.27. The summed E-state index contributed by atoms with van der Waals surface area (Å²) in [5, 5.41) is 2.78. The molecule has 2 aliphatic rings. The number of benzene rings is 1. The molecule has 0 unspecified atom stereocenters. The van der Waals surface area contributed by atoms with Gasteiger partial charge in [0.15, 0.2) is 5.78 Å². The number of hydrogen-bond acceptors (Lipinski definition) is 2. The van der Waals surface area contributed by atoms with Crippen LogP contribution in [0.25, 0.3) is 11.6 Å². The Kier molecular flexibility index (Phi) is 2.27. The van der Waals surface area contributed by atoms with E-state index in [-0.39, 0.29) is 11.7 Å². The van der Waals surface area contributed by atoms with E-state index in [0.29, 0.717) is 11.3 Å². The summed E-state index contributed by atoms with van der Waals surface area (Å²) in [6, 6.07) is 7.79. The molecule has 0 saturated heterocycles. The molecule has 3 heteroatoms. The number of ketones is 1. The number of nitrogens with one attached hydrogen (secondary N) is 1. The largest absolute Gasteiger partial charge is 0.326 e. The van der Waals surface area contributed by atoms with E-state index in [9.17, 15) is 9.59 Å². The number of carbonyl (C=O) groups is 2. The molecule has 0 fully saturated rings. The van der Waals surface area contributed by atoms with Gasteiger partial charge in [-0.3, -0.25) is 9.59 Å². The summed E-state index contributed by atoms with van der Waals surface area (Å²) in [5.74, 6) is -0.157. The van der Waals surface area contributed by atoms with Gasteiger partial charge >= 0.3 is 0 Å². The molecule has 0 radical (unpaired) electrons. The highest BCUT2D eigenvalue weighted by atomic mass is 16.1. The summed E-state index contributed by atoms with van der Waals surface area (Å²) in [5.41, 5.74) is 4.19. The third kappa shape index (κ3) is 1.52. The number of fused-ring (bicyclic) bond motifs is 3. The fraction of sp³-hybridized carbons (Fsp3) is 0.0667. The maximum absolute atomic E-state index is 11.9. The van der Waals surface area contributed by atoms with Crippen LogP contribution in [0.1, 0.15) is 18.1 Å². The first-order chi connectivity index (χ1) is 8.66. The van der Waals surface area contributed by atoms with Gasteiger partial charge < -0.3 is 5.32 Å². The van der Waals surface area contributed by atoms with Gasteiger partial charge in [0.05, 0.1) is 0 Å². The van der Waals surface area contributed by atoms with Crippen LogP contribution in [0.15, 0.2) is 47.7 Å². The summed E-state index contributed by atoms with van der Waals surface area (Å²) in [7, 11) is 0. The maximum Gasteiger partial charge on any atom is 0.221 e. The minimum absolute atomic E-state index is 0.0182. The topological polar surface area (TPSA) is 46.2 Å². The Labute approximate surface area is 105 Å². The van der Waals surface area contributed by atoms with Crippen molar-refractivity contribution in [3.63, 3.8) is 0 Å². The number of allylic oxidation sites excluding steroid dienone is 4. The lowest BCUT2D eigenvalue weighted by molar-refractivity contribution is -0.118. The molecule has 0 spiro atoms. The van der Waals surface area contributed by atoms with Crippen LogP contribution in [0.3, 0.4) is 0 Å². The van der Waals surface area contributed by atoms with Crippen molar-refractivity contribution in [1.82, 2.24) is 5.32 Å². The molecule has 0 atom stereocenters. The molecule has 0 saturated carbocycles. The highest BCUT2D eigenvalue weighted by Crippen LogP contribution is 2.39. The van der Waals surface area contributed by atoms with Gasteiger partial charge in [-0.2, -0.15) is 0 Å². The van der Waals surface area contributed by atoms with Gasteiger partial charge in [-0.1, -0.05) is 24.3 Å². The summed E-state index contributed by atoms with van der Waals surface area (Å²) >= 11 is 0. The molecule has 1 N–H and O–H groups in total. The van der Waals surface area contributed by atoms with Crippen molar-refractivity contribution < 1.29 is 9.59 Å². The molecule has 3 nitrogen and oxygen atoms in total. The fourth-order valence-electron chi connectivity index (χ4n) is 2.33. The number of amides is 1. The maximum atomic E-state index is 11.9. The van der Waals surface area contributed by atoms with Crippen LogP contribution in [0.2, 0.25) is 0 Å². The molecule has 0 heterocycles. The molecule has 0 aromatic heterocycles. The van der Waals surface area contributed by atoms with E-state index < -0.39 is 0 Å². The molecule has 0 aliphatic heterocycles. The van der Waals surface area contributed by atoms with Crippen LogP contribution in [0, 0.1) is 0 Å². The normalized spacial score (nSPS) is 16.3. The second-order valence-corrected chi connectivity index (χ2v) is 4.31. The molecule has 0 bridgehead atoms. The molecule has 1 amide bonds. The first-order valence-electron chi connectivity index (χ1n) is 5.72. The molecule has 3 rings (SSSR count). The first kappa shape index (κ1) is 10.7.